The Balaban J connectivity index is 1.63. The maximum atomic E-state index is 6.08. The van der Waals surface area contributed by atoms with Gasteiger partial charge in [0, 0.05) is 5.02 Å². The van der Waals surface area contributed by atoms with E-state index in [9.17, 15) is 0 Å². The van der Waals surface area contributed by atoms with E-state index >= 15 is 0 Å². The van der Waals surface area contributed by atoms with Crippen molar-refractivity contribution >= 4 is 11.6 Å². The van der Waals surface area contributed by atoms with Crippen molar-refractivity contribution in [3.05, 3.63) is 34.9 Å². The fraction of sp³-hybridized carbons (Fsp3) is 0.538. The van der Waals surface area contributed by atoms with Crippen molar-refractivity contribution in [1.29, 1.82) is 0 Å². The Hall–Kier alpha value is -0.570. The SMILES string of the molecule is CC12OC1CCC2OCc1ccccc1Cl. The molecule has 0 N–H and O–H groups in total. The molecule has 16 heavy (non-hydrogen) atoms. The molecule has 1 saturated heterocycles. The lowest BCUT2D eigenvalue weighted by Crippen LogP contribution is -2.26. The Kier molecular flexibility index (Phi) is 2.46. The molecule has 0 amide bonds. The first-order chi connectivity index (χ1) is 7.70. The fourth-order valence-corrected chi connectivity index (χ4v) is 2.74. The van der Waals surface area contributed by atoms with Crippen LogP contribution in [0.15, 0.2) is 24.3 Å². The number of hydrogen-bond acceptors (Lipinski definition) is 2. The van der Waals surface area contributed by atoms with Crippen molar-refractivity contribution in [2.75, 3.05) is 0 Å². The van der Waals surface area contributed by atoms with Gasteiger partial charge in [0.25, 0.3) is 0 Å². The maximum Gasteiger partial charge on any atom is 0.118 e. The van der Waals surface area contributed by atoms with Crippen molar-refractivity contribution in [2.45, 2.75) is 44.2 Å². The van der Waals surface area contributed by atoms with Gasteiger partial charge in [0.1, 0.15) is 5.60 Å². The first-order valence-electron chi connectivity index (χ1n) is 5.73. The summed E-state index contributed by atoms with van der Waals surface area (Å²) >= 11 is 6.08. The zero-order valence-electron chi connectivity index (χ0n) is 9.28. The third-order valence-electron chi connectivity index (χ3n) is 3.71. The lowest BCUT2D eigenvalue weighted by atomic mass is 10.1. The normalized spacial score (nSPS) is 36.1. The van der Waals surface area contributed by atoms with Gasteiger partial charge in [-0.3, -0.25) is 0 Å². The van der Waals surface area contributed by atoms with Gasteiger partial charge >= 0.3 is 0 Å². The molecule has 2 aliphatic rings. The molecule has 3 atom stereocenters. The molecule has 1 heterocycles. The first-order valence-corrected chi connectivity index (χ1v) is 6.11. The second kappa shape index (κ2) is 3.73. The predicted octanol–water partition coefficient (Wildman–Crippen LogP) is 3.18. The average molecular weight is 239 g/mol. The van der Waals surface area contributed by atoms with E-state index in [-0.39, 0.29) is 11.7 Å². The molecule has 0 spiro atoms. The predicted molar refractivity (Wildman–Crippen MR) is 62.5 cm³/mol. The van der Waals surface area contributed by atoms with Gasteiger partial charge in [0.2, 0.25) is 0 Å². The lowest BCUT2D eigenvalue weighted by molar-refractivity contribution is -0.0124. The van der Waals surface area contributed by atoms with Gasteiger partial charge in [-0.15, -0.1) is 0 Å². The summed E-state index contributed by atoms with van der Waals surface area (Å²) in [7, 11) is 0. The minimum Gasteiger partial charge on any atom is -0.370 e. The van der Waals surface area contributed by atoms with E-state index in [1.807, 2.05) is 24.3 Å². The van der Waals surface area contributed by atoms with Crippen LogP contribution in [0.2, 0.25) is 5.02 Å². The highest BCUT2D eigenvalue weighted by molar-refractivity contribution is 6.31. The molecule has 1 aliphatic heterocycles. The van der Waals surface area contributed by atoms with Crippen LogP contribution in [0.1, 0.15) is 25.3 Å². The van der Waals surface area contributed by atoms with Crippen LogP contribution in [0.5, 0.6) is 0 Å². The highest BCUT2D eigenvalue weighted by atomic mass is 35.5. The Morgan fingerprint density at radius 1 is 1.44 bits per heavy atom. The smallest absolute Gasteiger partial charge is 0.118 e. The molecule has 2 nitrogen and oxygen atoms in total. The van der Waals surface area contributed by atoms with Gasteiger partial charge in [-0.05, 0) is 31.4 Å². The van der Waals surface area contributed by atoms with Crippen LogP contribution in [0.4, 0.5) is 0 Å². The minimum absolute atomic E-state index is 0.0126. The molecule has 3 heteroatoms. The monoisotopic (exact) mass is 238 g/mol. The lowest BCUT2D eigenvalue weighted by Gasteiger charge is -2.18. The van der Waals surface area contributed by atoms with E-state index in [1.54, 1.807) is 0 Å². The quantitative estimate of drug-likeness (QED) is 0.755. The summed E-state index contributed by atoms with van der Waals surface area (Å²) in [6, 6.07) is 7.82. The number of rotatable bonds is 3. The van der Waals surface area contributed by atoms with Gasteiger partial charge in [-0.25, -0.2) is 0 Å². The molecule has 0 radical (unpaired) electrons. The molecule has 1 aromatic carbocycles. The molecular weight excluding hydrogens is 224 g/mol. The van der Waals surface area contributed by atoms with Gasteiger partial charge in [-0.2, -0.15) is 0 Å². The number of epoxide rings is 1. The molecule has 1 aliphatic carbocycles. The molecule has 0 bridgehead atoms. The minimum atomic E-state index is -0.0126. The Morgan fingerprint density at radius 2 is 2.25 bits per heavy atom. The van der Waals surface area contributed by atoms with E-state index in [1.165, 1.54) is 0 Å². The van der Waals surface area contributed by atoms with Gasteiger partial charge in [0.15, 0.2) is 0 Å². The molecule has 1 saturated carbocycles. The van der Waals surface area contributed by atoms with E-state index in [0.717, 1.165) is 23.4 Å². The van der Waals surface area contributed by atoms with Crippen LogP contribution in [0, 0.1) is 0 Å². The van der Waals surface area contributed by atoms with Crippen molar-refractivity contribution < 1.29 is 9.47 Å². The molecule has 0 aromatic heterocycles. The van der Waals surface area contributed by atoms with Gasteiger partial charge < -0.3 is 9.47 Å². The zero-order valence-corrected chi connectivity index (χ0v) is 10.0. The van der Waals surface area contributed by atoms with Crippen molar-refractivity contribution in [3.63, 3.8) is 0 Å². The van der Waals surface area contributed by atoms with Crippen LogP contribution in [0.3, 0.4) is 0 Å². The largest absolute Gasteiger partial charge is 0.370 e. The topological polar surface area (TPSA) is 21.8 Å². The molecule has 2 fully saturated rings. The fourth-order valence-electron chi connectivity index (χ4n) is 2.55. The van der Waals surface area contributed by atoms with E-state index in [0.29, 0.717) is 12.7 Å². The third-order valence-corrected chi connectivity index (χ3v) is 4.08. The summed E-state index contributed by atoms with van der Waals surface area (Å²) in [5, 5.41) is 0.777. The van der Waals surface area contributed by atoms with E-state index in [4.69, 9.17) is 21.1 Å². The maximum absolute atomic E-state index is 6.08. The number of ether oxygens (including phenoxy) is 2. The second-order valence-electron chi connectivity index (χ2n) is 4.76. The Bertz CT molecular complexity index is 405. The van der Waals surface area contributed by atoms with Crippen molar-refractivity contribution in [3.8, 4) is 0 Å². The van der Waals surface area contributed by atoms with E-state index in [2.05, 4.69) is 6.92 Å². The summed E-state index contributed by atoms with van der Waals surface area (Å²) in [5.41, 5.74) is 1.04. The summed E-state index contributed by atoms with van der Waals surface area (Å²) < 4.78 is 11.5. The molecule has 1 aromatic rings. The van der Waals surface area contributed by atoms with Crippen LogP contribution in [-0.2, 0) is 16.1 Å². The zero-order chi connectivity index (χ0) is 11.2. The summed E-state index contributed by atoms with van der Waals surface area (Å²) in [4.78, 5) is 0. The number of halogens is 1. The molecule has 86 valence electrons. The van der Waals surface area contributed by atoms with Crippen LogP contribution in [-0.4, -0.2) is 17.8 Å². The highest BCUT2D eigenvalue weighted by Gasteiger charge is 2.62. The molecular formula is C13H15ClO2. The highest BCUT2D eigenvalue weighted by Crippen LogP contribution is 2.51. The van der Waals surface area contributed by atoms with Crippen LogP contribution >= 0.6 is 11.6 Å². The Labute approximate surface area is 101 Å². The Morgan fingerprint density at radius 3 is 2.88 bits per heavy atom. The molecule has 3 rings (SSSR count). The van der Waals surface area contributed by atoms with Gasteiger partial charge in [-0.1, -0.05) is 29.8 Å². The average Bonchev–Trinajstić information content (AvgIpc) is 2.84. The number of benzene rings is 1. The summed E-state index contributed by atoms with van der Waals surface area (Å²) in [6.07, 6.45) is 2.90. The third kappa shape index (κ3) is 1.65. The van der Waals surface area contributed by atoms with E-state index < -0.39 is 0 Å². The second-order valence-corrected chi connectivity index (χ2v) is 5.17. The van der Waals surface area contributed by atoms with Crippen LogP contribution in [0.25, 0.3) is 0 Å². The van der Waals surface area contributed by atoms with Crippen LogP contribution < -0.4 is 0 Å². The van der Waals surface area contributed by atoms with Crippen molar-refractivity contribution in [1.82, 2.24) is 0 Å². The van der Waals surface area contributed by atoms with Gasteiger partial charge in [0.05, 0.1) is 18.8 Å². The molecule has 3 unspecified atom stereocenters. The standard InChI is InChI=1S/C13H15ClO2/c1-13-11(6-7-12(13)16-13)15-8-9-4-2-3-5-10(9)14/h2-5,11-12H,6-8H2,1H3. The number of fused-ring (bicyclic) bond motifs is 1. The summed E-state index contributed by atoms with van der Waals surface area (Å²) in [6.45, 7) is 2.72. The number of hydrogen-bond donors (Lipinski definition) is 0. The van der Waals surface area contributed by atoms with Crippen molar-refractivity contribution in [2.24, 2.45) is 0 Å². The first kappa shape index (κ1) is 10.6. The summed E-state index contributed by atoms with van der Waals surface area (Å²) in [5.74, 6) is 0.